The van der Waals surface area contributed by atoms with Crippen LogP contribution in [0.25, 0.3) is 0 Å². The molecule has 0 aromatic heterocycles. The van der Waals surface area contributed by atoms with Crippen LogP contribution in [-0.4, -0.2) is 100 Å². The number of carbonyl (C=O) groups excluding carboxylic acids is 2. The van der Waals surface area contributed by atoms with Gasteiger partial charge < -0.3 is 45.1 Å². The van der Waals surface area contributed by atoms with Crippen LogP contribution in [0.1, 0.15) is 322 Å². The van der Waals surface area contributed by atoms with Crippen molar-refractivity contribution in [1.82, 2.24) is 5.32 Å². The number of hydrogen-bond acceptors (Lipinski definition) is 10. The Bertz CT molecular complexity index is 1410. The van der Waals surface area contributed by atoms with Crippen molar-refractivity contribution in [2.75, 3.05) is 19.8 Å². The summed E-state index contributed by atoms with van der Waals surface area (Å²) >= 11 is 0. The number of aliphatic hydroxyl groups excluding tert-OH is 5. The van der Waals surface area contributed by atoms with Crippen molar-refractivity contribution >= 4 is 11.9 Å². The van der Waals surface area contributed by atoms with Gasteiger partial charge in [-0.3, -0.25) is 9.59 Å². The van der Waals surface area contributed by atoms with Crippen LogP contribution in [0, 0.1) is 0 Å². The van der Waals surface area contributed by atoms with Gasteiger partial charge in [-0.15, -0.1) is 0 Å². The van der Waals surface area contributed by atoms with Crippen LogP contribution in [-0.2, 0) is 23.8 Å². The zero-order chi connectivity index (χ0) is 57.3. The maximum atomic E-state index is 13.0. The summed E-state index contributed by atoms with van der Waals surface area (Å²) in [6, 6.07) is -0.808. The Morgan fingerprint density at radius 3 is 1.23 bits per heavy atom. The molecule has 1 aliphatic rings. The summed E-state index contributed by atoms with van der Waals surface area (Å²) in [5.74, 6) is -0.184. The van der Waals surface area contributed by atoms with E-state index in [1.807, 2.05) is 6.08 Å². The largest absolute Gasteiger partial charge is 0.466 e. The summed E-state index contributed by atoms with van der Waals surface area (Å²) in [6.45, 7) is 4.32. The molecular formula is C68H127NO10. The summed E-state index contributed by atoms with van der Waals surface area (Å²) < 4.78 is 16.7. The highest BCUT2D eigenvalue weighted by Crippen LogP contribution is 2.23. The summed E-state index contributed by atoms with van der Waals surface area (Å²) in [5.41, 5.74) is 0. The second kappa shape index (κ2) is 57.7. The zero-order valence-electron chi connectivity index (χ0n) is 51.3. The lowest BCUT2D eigenvalue weighted by molar-refractivity contribution is -0.302. The fourth-order valence-electron chi connectivity index (χ4n) is 10.6. The number of rotatable bonds is 59. The molecule has 7 atom stereocenters. The number of aliphatic hydroxyl groups is 5. The van der Waals surface area contributed by atoms with Gasteiger partial charge in [-0.1, -0.05) is 262 Å². The fourth-order valence-corrected chi connectivity index (χ4v) is 10.6. The van der Waals surface area contributed by atoms with Crippen LogP contribution >= 0.6 is 0 Å². The van der Waals surface area contributed by atoms with Gasteiger partial charge in [-0.2, -0.15) is 0 Å². The van der Waals surface area contributed by atoms with E-state index in [-0.39, 0.29) is 18.5 Å². The molecule has 0 saturated carbocycles. The monoisotopic (exact) mass is 1120 g/mol. The molecule has 1 rings (SSSR count). The van der Waals surface area contributed by atoms with E-state index in [1.165, 1.54) is 238 Å². The van der Waals surface area contributed by atoms with Crippen LogP contribution in [0.5, 0.6) is 0 Å². The lowest BCUT2D eigenvalue weighted by Crippen LogP contribution is -2.60. The Morgan fingerprint density at radius 2 is 0.810 bits per heavy atom. The van der Waals surface area contributed by atoms with Gasteiger partial charge in [0.05, 0.1) is 32.0 Å². The van der Waals surface area contributed by atoms with Crippen molar-refractivity contribution in [3.63, 3.8) is 0 Å². The molecule has 1 aliphatic heterocycles. The molecule has 1 saturated heterocycles. The van der Waals surface area contributed by atoms with E-state index < -0.39 is 49.5 Å². The molecule has 1 heterocycles. The van der Waals surface area contributed by atoms with Crippen LogP contribution in [0.3, 0.4) is 0 Å². The quantitative estimate of drug-likeness (QED) is 0.0195. The first-order valence-electron chi connectivity index (χ1n) is 33.8. The number of amides is 1. The third-order valence-corrected chi connectivity index (χ3v) is 16.0. The van der Waals surface area contributed by atoms with Crippen LogP contribution in [0.4, 0.5) is 0 Å². The number of ether oxygens (including phenoxy) is 3. The normalized spacial score (nSPS) is 18.6. The van der Waals surface area contributed by atoms with Crippen LogP contribution in [0.15, 0.2) is 36.5 Å². The minimum atomic E-state index is -1.57. The van der Waals surface area contributed by atoms with E-state index in [0.717, 1.165) is 57.8 Å². The smallest absolute Gasteiger partial charge is 0.305 e. The molecule has 1 amide bonds. The van der Waals surface area contributed by atoms with E-state index >= 15 is 0 Å². The molecule has 0 spiro atoms. The molecule has 7 unspecified atom stereocenters. The maximum absolute atomic E-state index is 13.0. The van der Waals surface area contributed by atoms with Gasteiger partial charge in [-0.05, 0) is 83.5 Å². The molecule has 0 aromatic rings. The number of unbranched alkanes of at least 4 members (excludes halogenated alkanes) is 41. The van der Waals surface area contributed by atoms with Crippen molar-refractivity contribution in [1.29, 1.82) is 0 Å². The fraction of sp³-hybridized carbons (Fsp3) is 0.882. The van der Waals surface area contributed by atoms with Crippen molar-refractivity contribution in [3.05, 3.63) is 36.5 Å². The lowest BCUT2D eigenvalue weighted by atomic mass is 9.99. The Kier molecular flexibility index (Phi) is 54.7. The molecule has 0 radical (unpaired) electrons. The summed E-state index contributed by atoms with van der Waals surface area (Å²) in [4.78, 5) is 25.0. The van der Waals surface area contributed by atoms with Crippen molar-refractivity contribution in [3.8, 4) is 0 Å². The average molecular weight is 1120 g/mol. The highest BCUT2D eigenvalue weighted by atomic mass is 16.7. The van der Waals surface area contributed by atoms with E-state index in [2.05, 4.69) is 43.5 Å². The predicted octanol–water partition coefficient (Wildman–Crippen LogP) is 16.6. The van der Waals surface area contributed by atoms with Gasteiger partial charge in [-0.25, -0.2) is 0 Å². The third-order valence-electron chi connectivity index (χ3n) is 16.0. The Hall–Kier alpha value is -2.12. The molecule has 464 valence electrons. The van der Waals surface area contributed by atoms with Gasteiger partial charge in [0.25, 0.3) is 0 Å². The highest BCUT2D eigenvalue weighted by Gasteiger charge is 2.44. The molecule has 0 aromatic carbocycles. The minimum absolute atomic E-state index is 0.00149. The Morgan fingerprint density at radius 1 is 0.456 bits per heavy atom. The number of nitrogens with one attached hydrogen (secondary N) is 1. The second-order valence-corrected chi connectivity index (χ2v) is 23.5. The van der Waals surface area contributed by atoms with Crippen LogP contribution < -0.4 is 5.32 Å². The third kappa shape index (κ3) is 47.0. The topological polar surface area (TPSA) is 175 Å². The highest BCUT2D eigenvalue weighted by molar-refractivity contribution is 5.76. The second-order valence-electron chi connectivity index (χ2n) is 23.5. The number of allylic oxidation sites excluding steroid dienone is 5. The van der Waals surface area contributed by atoms with Crippen molar-refractivity contribution < 1.29 is 49.3 Å². The Balaban J connectivity index is 1.94. The number of hydrogen-bond donors (Lipinski definition) is 6. The first-order chi connectivity index (χ1) is 38.7. The van der Waals surface area contributed by atoms with Gasteiger partial charge in [0.15, 0.2) is 6.29 Å². The Labute approximate surface area is 485 Å². The maximum Gasteiger partial charge on any atom is 0.305 e. The van der Waals surface area contributed by atoms with Crippen molar-refractivity contribution in [2.45, 2.75) is 365 Å². The molecular weight excluding hydrogens is 991 g/mol. The lowest BCUT2D eigenvalue weighted by Gasteiger charge is -2.40. The van der Waals surface area contributed by atoms with E-state index in [0.29, 0.717) is 19.4 Å². The van der Waals surface area contributed by atoms with Crippen LogP contribution in [0.2, 0.25) is 0 Å². The SMILES string of the molecule is CCCCCC/C=C\CCCCCCCC(=O)OCCCCCCCCCCCCCC/C=C\CCCCCCCCCCCCCCCC(=O)NC(COC1OC(CO)C(O)C(O)C1O)C(O)/C=C/CCCCCCCCC. The molecule has 6 N–H and O–H groups in total. The first kappa shape index (κ1) is 74.9. The van der Waals surface area contributed by atoms with E-state index in [1.54, 1.807) is 6.08 Å². The first-order valence-corrected chi connectivity index (χ1v) is 33.8. The summed E-state index contributed by atoms with van der Waals surface area (Å²) in [6.07, 6.45) is 62.8. The van der Waals surface area contributed by atoms with Crippen molar-refractivity contribution in [2.24, 2.45) is 0 Å². The van der Waals surface area contributed by atoms with Gasteiger partial charge in [0.2, 0.25) is 5.91 Å². The molecule has 1 fully saturated rings. The average Bonchev–Trinajstić information content (AvgIpc) is 3.45. The van der Waals surface area contributed by atoms with Gasteiger partial charge in [0.1, 0.15) is 24.4 Å². The molecule has 0 aliphatic carbocycles. The van der Waals surface area contributed by atoms with E-state index in [4.69, 9.17) is 14.2 Å². The summed E-state index contributed by atoms with van der Waals surface area (Å²) in [5, 5.41) is 54.3. The minimum Gasteiger partial charge on any atom is -0.466 e. The van der Waals surface area contributed by atoms with E-state index in [9.17, 15) is 35.1 Å². The van der Waals surface area contributed by atoms with Gasteiger partial charge in [0, 0.05) is 12.8 Å². The predicted molar refractivity (Wildman–Crippen MR) is 329 cm³/mol. The molecule has 79 heavy (non-hydrogen) atoms. The molecule has 0 bridgehead atoms. The number of esters is 1. The standard InChI is InChI=1S/C68H127NO10/c1-3-5-7-9-11-13-14-32-36-40-44-48-52-56-64(73)77-57-53-49-45-41-37-34-31-29-27-25-23-21-19-17-15-16-18-20-22-24-26-28-30-33-35-39-43-47-51-55-63(72)69-60(61(71)54-50-46-42-38-12-10-8-6-4-2)59-78-68-67(76)66(75)65(74)62(58-70)79-68/h13-15,17,50,54,60-62,65-68,70-71,74-76H,3-12,16,18-49,51-53,55-59H2,1-2H3,(H,69,72)/b14-13-,17-15-,54-50+. The van der Waals surface area contributed by atoms with Gasteiger partial charge >= 0.3 is 5.97 Å². The number of carbonyl (C=O) groups is 2. The zero-order valence-corrected chi connectivity index (χ0v) is 51.3. The summed E-state index contributed by atoms with van der Waals surface area (Å²) in [7, 11) is 0. The molecule has 11 heteroatoms. The molecule has 11 nitrogen and oxygen atoms in total.